The molecule has 1 fully saturated rings. The van der Waals surface area contributed by atoms with Crippen molar-refractivity contribution in [3.63, 3.8) is 0 Å². The molecule has 14 heteroatoms. The van der Waals surface area contributed by atoms with Gasteiger partial charge in [-0.1, -0.05) is 0 Å². The van der Waals surface area contributed by atoms with Crippen LogP contribution in [-0.4, -0.2) is 75.3 Å². The Morgan fingerprint density at radius 1 is 1.29 bits per heavy atom. The Balaban J connectivity index is 1.60. The molecule has 2 atom stereocenters. The van der Waals surface area contributed by atoms with Gasteiger partial charge in [-0.25, -0.2) is 18.2 Å². The normalized spacial score (nSPS) is 21.8. The first-order valence-electron chi connectivity index (χ1n) is 11.1. The molecule has 11 nitrogen and oxygen atoms in total. The van der Waals surface area contributed by atoms with E-state index in [1.165, 1.54) is 32.0 Å². The number of fused-ring (bicyclic) bond motifs is 1. The number of nitrogens with one attached hydrogen (secondary N) is 2. The topological polar surface area (TPSA) is 130 Å². The van der Waals surface area contributed by atoms with Crippen LogP contribution < -0.4 is 19.7 Å². The number of anilines is 2. The lowest BCUT2D eigenvalue weighted by atomic mass is 10.2. The second kappa shape index (κ2) is 9.84. The molecule has 3 aliphatic rings. The molecular formula is C21H27F2N5O6S. The van der Waals surface area contributed by atoms with Crippen LogP contribution in [0.15, 0.2) is 23.3 Å². The Morgan fingerprint density at radius 2 is 2.03 bits per heavy atom. The van der Waals surface area contributed by atoms with Gasteiger partial charge < -0.3 is 14.8 Å². The van der Waals surface area contributed by atoms with E-state index in [1.807, 2.05) is 0 Å². The third kappa shape index (κ3) is 5.74. The van der Waals surface area contributed by atoms with Crippen molar-refractivity contribution < 1.29 is 36.3 Å². The fraction of sp³-hybridized carbons (Fsp3) is 0.571. The van der Waals surface area contributed by atoms with Crippen LogP contribution in [0.3, 0.4) is 0 Å². The Morgan fingerprint density at radius 3 is 2.66 bits per heavy atom. The summed E-state index contributed by atoms with van der Waals surface area (Å²) in [6.45, 7) is -0.560. The lowest BCUT2D eigenvalue weighted by Crippen LogP contribution is -2.52. The zero-order valence-electron chi connectivity index (χ0n) is 19.2. The molecule has 0 aromatic heterocycles. The van der Waals surface area contributed by atoms with Gasteiger partial charge in [0.25, 0.3) is 0 Å². The van der Waals surface area contributed by atoms with Crippen molar-refractivity contribution in [2.75, 3.05) is 35.9 Å². The SMILES string of the molecule is CC(=O)NCC1CN(S(=O)(=O)C2CN(C(F)F)N=C2C)c2cc(NC(=O)OCC3CC3)ccc2O1. The average molecular weight is 516 g/mol. The Bertz CT molecular complexity index is 1130. The molecule has 2 N–H and O–H groups in total. The molecule has 1 aliphatic carbocycles. The number of hydrogen-bond acceptors (Lipinski definition) is 8. The van der Waals surface area contributed by atoms with Crippen molar-refractivity contribution in [1.82, 2.24) is 10.3 Å². The van der Waals surface area contributed by atoms with E-state index in [1.54, 1.807) is 0 Å². The van der Waals surface area contributed by atoms with Crippen LogP contribution in [0.5, 0.6) is 5.75 Å². The summed E-state index contributed by atoms with van der Waals surface area (Å²) in [4.78, 5) is 23.5. The predicted molar refractivity (Wildman–Crippen MR) is 123 cm³/mol. The number of ether oxygens (including phenoxy) is 2. The van der Waals surface area contributed by atoms with Crippen LogP contribution in [0.4, 0.5) is 25.0 Å². The molecule has 2 heterocycles. The summed E-state index contributed by atoms with van der Waals surface area (Å²) in [6.07, 6.45) is 0.636. The molecule has 0 spiro atoms. The Labute approximate surface area is 201 Å². The number of carbonyl (C=O) groups is 2. The van der Waals surface area contributed by atoms with Crippen molar-refractivity contribution in [3.8, 4) is 5.75 Å². The van der Waals surface area contributed by atoms with Gasteiger partial charge in [0.2, 0.25) is 15.9 Å². The van der Waals surface area contributed by atoms with Crippen molar-refractivity contribution in [3.05, 3.63) is 18.2 Å². The molecule has 2 aliphatic heterocycles. The van der Waals surface area contributed by atoms with Crippen LogP contribution in [0.2, 0.25) is 0 Å². The number of sulfonamides is 1. The molecule has 1 saturated carbocycles. The number of hydrazone groups is 1. The summed E-state index contributed by atoms with van der Waals surface area (Å²) < 4.78 is 65.8. The van der Waals surface area contributed by atoms with Gasteiger partial charge in [0, 0.05) is 12.6 Å². The van der Waals surface area contributed by atoms with Crippen molar-refractivity contribution in [2.45, 2.75) is 44.6 Å². The van der Waals surface area contributed by atoms with Crippen LogP contribution in [0, 0.1) is 5.92 Å². The number of halogens is 2. The number of alkyl halides is 2. The molecule has 35 heavy (non-hydrogen) atoms. The van der Waals surface area contributed by atoms with Crippen LogP contribution in [0.1, 0.15) is 26.7 Å². The van der Waals surface area contributed by atoms with Gasteiger partial charge >= 0.3 is 12.6 Å². The minimum atomic E-state index is -4.23. The van der Waals surface area contributed by atoms with Crippen molar-refractivity contribution in [2.24, 2.45) is 11.0 Å². The van der Waals surface area contributed by atoms with Gasteiger partial charge in [-0.15, -0.1) is 0 Å². The first kappa shape index (κ1) is 24.9. The number of rotatable bonds is 8. The predicted octanol–water partition coefficient (Wildman–Crippen LogP) is 1.96. The van der Waals surface area contributed by atoms with Gasteiger partial charge in [0.05, 0.1) is 37.6 Å². The first-order valence-corrected chi connectivity index (χ1v) is 12.6. The number of carbonyl (C=O) groups excluding carboxylic acids is 2. The zero-order chi connectivity index (χ0) is 25.3. The van der Waals surface area contributed by atoms with E-state index in [2.05, 4.69) is 15.7 Å². The van der Waals surface area contributed by atoms with E-state index < -0.39 is 40.6 Å². The van der Waals surface area contributed by atoms with Crippen molar-refractivity contribution >= 4 is 39.1 Å². The highest BCUT2D eigenvalue weighted by atomic mass is 32.2. The molecule has 192 valence electrons. The van der Waals surface area contributed by atoms with Gasteiger partial charge in [0.1, 0.15) is 17.1 Å². The van der Waals surface area contributed by atoms with Crippen LogP contribution in [-0.2, 0) is 19.6 Å². The monoisotopic (exact) mass is 515 g/mol. The first-order chi connectivity index (χ1) is 16.5. The third-order valence-corrected chi connectivity index (χ3v) is 8.03. The van der Waals surface area contributed by atoms with Gasteiger partial charge in [-0.3, -0.25) is 14.4 Å². The highest BCUT2D eigenvalue weighted by Crippen LogP contribution is 2.39. The molecule has 4 rings (SSSR count). The molecule has 2 unspecified atom stereocenters. The second-order valence-electron chi connectivity index (χ2n) is 8.73. The highest BCUT2D eigenvalue weighted by molar-refractivity contribution is 7.94. The minimum absolute atomic E-state index is 0.0367. The maximum Gasteiger partial charge on any atom is 0.411 e. The minimum Gasteiger partial charge on any atom is -0.484 e. The number of nitrogens with zero attached hydrogens (tertiary/aromatic N) is 3. The largest absolute Gasteiger partial charge is 0.484 e. The van der Waals surface area contributed by atoms with E-state index in [0.717, 1.165) is 17.1 Å². The lowest BCUT2D eigenvalue weighted by molar-refractivity contribution is -0.119. The summed E-state index contributed by atoms with van der Waals surface area (Å²) in [5.41, 5.74) is 0.446. The van der Waals surface area contributed by atoms with E-state index in [4.69, 9.17) is 9.47 Å². The molecule has 0 bridgehead atoms. The zero-order valence-corrected chi connectivity index (χ0v) is 20.1. The van der Waals surface area contributed by atoms with Gasteiger partial charge in [-0.2, -0.15) is 13.9 Å². The van der Waals surface area contributed by atoms with Crippen molar-refractivity contribution in [1.29, 1.82) is 0 Å². The Hall–Kier alpha value is -3.16. The summed E-state index contributed by atoms with van der Waals surface area (Å²) in [6, 6.07) is 4.45. The Kier molecular flexibility index (Phi) is 7.01. The lowest BCUT2D eigenvalue weighted by Gasteiger charge is -2.37. The molecular weight excluding hydrogens is 488 g/mol. The smallest absolute Gasteiger partial charge is 0.411 e. The van der Waals surface area contributed by atoms with Gasteiger partial charge in [0.15, 0.2) is 0 Å². The average Bonchev–Trinajstić information content (AvgIpc) is 3.54. The van der Waals surface area contributed by atoms with Crippen LogP contribution in [0.25, 0.3) is 0 Å². The van der Waals surface area contributed by atoms with Gasteiger partial charge in [-0.05, 0) is 43.9 Å². The molecule has 0 radical (unpaired) electrons. The van der Waals surface area contributed by atoms with Crippen LogP contribution >= 0.6 is 0 Å². The summed E-state index contributed by atoms with van der Waals surface area (Å²) in [5, 5.41) is 7.99. The quantitative estimate of drug-likeness (QED) is 0.507. The van der Waals surface area contributed by atoms with E-state index in [9.17, 15) is 26.8 Å². The fourth-order valence-corrected chi connectivity index (χ4v) is 5.74. The van der Waals surface area contributed by atoms with E-state index >= 15 is 0 Å². The molecule has 2 amide bonds. The molecule has 0 saturated heterocycles. The maximum atomic E-state index is 13.6. The second-order valence-corrected chi connectivity index (χ2v) is 10.8. The van der Waals surface area contributed by atoms with E-state index in [-0.39, 0.29) is 41.8 Å². The number of amides is 2. The maximum absolute atomic E-state index is 13.6. The summed E-state index contributed by atoms with van der Waals surface area (Å²) in [7, 11) is -4.23. The third-order valence-electron chi connectivity index (χ3n) is 5.86. The summed E-state index contributed by atoms with van der Waals surface area (Å²) in [5.74, 6) is 0.262. The molecule has 1 aromatic carbocycles. The standard InChI is InChI=1S/C21H27F2N5O6S/c1-12-19(10-27(26-12)20(22)23)35(31,32)28-9-16(8-24-13(2)29)34-18-6-5-15(7-17(18)28)25-21(30)33-11-14-3-4-14/h5-7,14,16,19-20H,3-4,8-11H2,1-2H3,(H,24,29)(H,25,30). The number of hydrogen-bond donors (Lipinski definition) is 2. The molecule has 1 aromatic rings. The highest BCUT2D eigenvalue weighted by Gasteiger charge is 2.44. The fourth-order valence-electron chi connectivity index (χ4n) is 3.82. The summed E-state index contributed by atoms with van der Waals surface area (Å²) >= 11 is 0. The van der Waals surface area contributed by atoms with E-state index in [0.29, 0.717) is 17.5 Å². The number of benzene rings is 1.